The highest BCUT2D eigenvalue weighted by molar-refractivity contribution is 5.88. The number of hydrogen-bond donors (Lipinski definition) is 1. The van der Waals surface area contributed by atoms with E-state index in [4.69, 9.17) is 5.11 Å². The van der Waals surface area contributed by atoms with Gasteiger partial charge < -0.3 is 10.0 Å². The molecule has 1 unspecified atom stereocenters. The zero-order valence-corrected chi connectivity index (χ0v) is 11.8. The molecule has 1 aliphatic rings. The van der Waals surface area contributed by atoms with Crippen LogP contribution in [0.25, 0.3) is 0 Å². The van der Waals surface area contributed by atoms with Crippen LogP contribution in [0.2, 0.25) is 0 Å². The molecule has 0 radical (unpaired) electrons. The maximum atomic E-state index is 10.8. The molecular weight excluding hydrogens is 238 g/mol. The first kappa shape index (κ1) is 13.9. The summed E-state index contributed by atoms with van der Waals surface area (Å²) in [5, 5.41) is 8.91. The van der Waals surface area contributed by atoms with Gasteiger partial charge in [-0.3, -0.25) is 0 Å². The van der Waals surface area contributed by atoms with Gasteiger partial charge in [0.15, 0.2) is 0 Å². The normalized spacial score (nSPS) is 20.4. The van der Waals surface area contributed by atoms with Crippen LogP contribution in [0.3, 0.4) is 0 Å². The quantitative estimate of drug-likeness (QED) is 0.903. The molecule has 1 aliphatic heterocycles. The Labute approximate surface area is 115 Å². The topological polar surface area (TPSA) is 40.5 Å². The summed E-state index contributed by atoms with van der Waals surface area (Å²) in [4.78, 5) is 13.2. The molecule has 0 bridgehead atoms. The van der Waals surface area contributed by atoms with Gasteiger partial charge in [0, 0.05) is 18.8 Å². The van der Waals surface area contributed by atoms with Gasteiger partial charge in [-0.25, -0.2) is 4.79 Å². The summed E-state index contributed by atoms with van der Waals surface area (Å²) in [6.07, 6.45) is 3.77. The molecule has 2 rings (SSSR count). The summed E-state index contributed by atoms with van der Waals surface area (Å²) >= 11 is 0. The molecule has 19 heavy (non-hydrogen) atoms. The number of carboxylic acid groups (broad SMARTS) is 1. The van der Waals surface area contributed by atoms with E-state index in [1.807, 2.05) is 12.1 Å². The number of benzene rings is 1. The molecule has 0 aromatic heterocycles. The number of aromatic carboxylic acids is 1. The first-order valence-electron chi connectivity index (χ1n) is 7.16. The number of carboxylic acids is 1. The van der Waals surface area contributed by atoms with Crippen molar-refractivity contribution < 1.29 is 9.90 Å². The lowest BCUT2D eigenvalue weighted by atomic mass is 9.89. The number of anilines is 1. The average Bonchev–Trinajstić information content (AvgIpc) is 2.64. The van der Waals surface area contributed by atoms with Gasteiger partial charge in [-0.1, -0.05) is 13.8 Å². The fourth-order valence-electron chi connectivity index (χ4n) is 2.86. The molecule has 104 valence electrons. The second-order valence-corrected chi connectivity index (χ2v) is 5.77. The molecule has 1 heterocycles. The van der Waals surface area contributed by atoms with Crippen LogP contribution in [0.1, 0.15) is 43.5 Å². The van der Waals surface area contributed by atoms with Gasteiger partial charge in [0.1, 0.15) is 0 Å². The van der Waals surface area contributed by atoms with Crippen molar-refractivity contribution in [2.75, 3.05) is 18.0 Å². The standard InChI is InChI=1S/C16H23NO2/c1-12(2)13-4-3-10-17(11-9-13)15-7-5-14(6-8-15)16(18)19/h5-8,12-13H,3-4,9-11H2,1-2H3,(H,18,19). The van der Waals surface area contributed by atoms with Crippen molar-refractivity contribution in [1.29, 1.82) is 0 Å². The van der Waals surface area contributed by atoms with Gasteiger partial charge >= 0.3 is 5.97 Å². The van der Waals surface area contributed by atoms with E-state index in [0.717, 1.165) is 30.6 Å². The van der Waals surface area contributed by atoms with Crippen molar-refractivity contribution in [3.63, 3.8) is 0 Å². The Morgan fingerprint density at radius 3 is 2.47 bits per heavy atom. The predicted octanol–water partition coefficient (Wildman–Crippen LogP) is 3.65. The minimum atomic E-state index is -0.859. The molecule has 3 heteroatoms. The molecule has 1 N–H and O–H groups in total. The maximum absolute atomic E-state index is 10.8. The molecule has 0 amide bonds. The monoisotopic (exact) mass is 261 g/mol. The number of rotatable bonds is 3. The van der Waals surface area contributed by atoms with E-state index in [-0.39, 0.29) is 0 Å². The lowest BCUT2D eigenvalue weighted by molar-refractivity contribution is 0.0697. The summed E-state index contributed by atoms with van der Waals surface area (Å²) < 4.78 is 0. The zero-order valence-electron chi connectivity index (χ0n) is 11.8. The van der Waals surface area contributed by atoms with Gasteiger partial charge in [0.25, 0.3) is 0 Å². The third-order valence-corrected chi connectivity index (χ3v) is 4.19. The van der Waals surface area contributed by atoms with Crippen LogP contribution in [0, 0.1) is 11.8 Å². The van der Waals surface area contributed by atoms with Crippen molar-refractivity contribution >= 4 is 11.7 Å². The second-order valence-electron chi connectivity index (χ2n) is 5.77. The Morgan fingerprint density at radius 1 is 1.21 bits per heavy atom. The summed E-state index contributed by atoms with van der Waals surface area (Å²) in [5.41, 5.74) is 1.51. The Hall–Kier alpha value is -1.51. The van der Waals surface area contributed by atoms with Crippen LogP contribution in [-0.4, -0.2) is 24.2 Å². The number of hydrogen-bond acceptors (Lipinski definition) is 2. The molecular formula is C16H23NO2. The van der Waals surface area contributed by atoms with E-state index in [1.54, 1.807) is 12.1 Å². The highest BCUT2D eigenvalue weighted by atomic mass is 16.4. The fraction of sp³-hybridized carbons (Fsp3) is 0.562. The van der Waals surface area contributed by atoms with Gasteiger partial charge in [-0.15, -0.1) is 0 Å². The summed E-state index contributed by atoms with van der Waals surface area (Å²) in [7, 11) is 0. The molecule has 1 fully saturated rings. The van der Waals surface area contributed by atoms with Crippen LogP contribution >= 0.6 is 0 Å². The Morgan fingerprint density at radius 2 is 1.89 bits per heavy atom. The van der Waals surface area contributed by atoms with Crippen LogP contribution in [-0.2, 0) is 0 Å². The zero-order chi connectivity index (χ0) is 13.8. The Kier molecular flexibility index (Phi) is 4.46. The van der Waals surface area contributed by atoms with Gasteiger partial charge in [0.05, 0.1) is 5.56 Å². The van der Waals surface area contributed by atoms with Crippen LogP contribution in [0.4, 0.5) is 5.69 Å². The van der Waals surface area contributed by atoms with E-state index >= 15 is 0 Å². The lowest BCUT2D eigenvalue weighted by Crippen LogP contribution is -2.24. The third kappa shape index (κ3) is 3.49. The van der Waals surface area contributed by atoms with E-state index in [1.165, 1.54) is 19.3 Å². The number of nitrogens with zero attached hydrogens (tertiary/aromatic N) is 1. The number of carbonyl (C=O) groups is 1. The minimum absolute atomic E-state index is 0.360. The van der Waals surface area contributed by atoms with E-state index < -0.39 is 5.97 Å². The third-order valence-electron chi connectivity index (χ3n) is 4.19. The molecule has 0 saturated carbocycles. The predicted molar refractivity (Wildman–Crippen MR) is 77.8 cm³/mol. The van der Waals surface area contributed by atoms with Crippen LogP contribution < -0.4 is 4.90 Å². The molecule has 1 aromatic rings. The summed E-state index contributed by atoms with van der Waals surface area (Å²) in [5.74, 6) is 0.722. The SMILES string of the molecule is CC(C)C1CCCN(c2ccc(C(=O)O)cc2)CC1. The van der Waals surface area contributed by atoms with Crippen LogP contribution in [0.5, 0.6) is 0 Å². The minimum Gasteiger partial charge on any atom is -0.478 e. The molecule has 0 spiro atoms. The van der Waals surface area contributed by atoms with Crippen molar-refractivity contribution in [2.24, 2.45) is 11.8 Å². The molecule has 1 saturated heterocycles. The molecule has 1 atom stereocenters. The Bertz CT molecular complexity index is 425. The summed E-state index contributed by atoms with van der Waals surface area (Å²) in [6, 6.07) is 7.25. The highest BCUT2D eigenvalue weighted by Crippen LogP contribution is 2.27. The lowest BCUT2D eigenvalue weighted by Gasteiger charge is -2.23. The molecule has 1 aromatic carbocycles. The Balaban J connectivity index is 2.03. The van der Waals surface area contributed by atoms with Gasteiger partial charge in [0.2, 0.25) is 0 Å². The average molecular weight is 261 g/mol. The van der Waals surface area contributed by atoms with Crippen LogP contribution in [0.15, 0.2) is 24.3 Å². The first-order valence-corrected chi connectivity index (χ1v) is 7.16. The van der Waals surface area contributed by atoms with Gasteiger partial charge in [-0.05, 0) is 55.4 Å². The fourth-order valence-corrected chi connectivity index (χ4v) is 2.86. The van der Waals surface area contributed by atoms with Crippen molar-refractivity contribution in [3.05, 3.63) is 29.8 Å². The van der Waals surface area contributed by atoms with Gasteiger partial charge in [-0.2, -0.15) is 0 Å². The molecule has 0 aliphatic carbocycles. The second kappa shape index (κ2) is 6.09. The van der Waals surface area contributed by atoms with E-state index in [9.17, 15) is 4.79 Å². The first-order chi connectivity index (χ1) is 9.08. The largest absolute Gasteiger partial charge is 0.478 e. The van der Waals surface area contributed by atoms with E-state index in [2.05, 4.69) is 18.7 Å². The maximum Gasteiger partial charge on any atom is 0.335 e. The smallest absolute Gasteiger partial charge is 0.335 e. The summed E-state index contributed by atoms with van der Waals surface area (Å²) in [6.45, 7) is 6.77. The highest BCUT2D eigenvalue weighted by Gasteiger charge is 2.19. The van der Waals surface area contributed by atoms with Crippen molar-refractivity contribution in [1.82, 2.24) is 0 Å². The van der Waals surface area contributed by atoms with Crippen molar-refractivity contribution in [3.8, 4) is 0 Å². The van der Waals surface area contributed by atoms with Crippen molar-refractivity contribution in [2.45, 2.75) is 33.1 Å². The van der Waals surface area contributed by atoms with E-state index in [0.29, 0.717) is 5.56 Å². The molecule has 3 nitrogen and oxygen atoms in total.